The zero-order chi connectivity index (χ0) is 14.0. The number of rotatable bonds is 3. The van der Waals surface area contributed by atoms with E-state index in [1.807, 2.05) is 4.90 Å². The molecule has 0 aliphatic carbocycles. The van der Waals surface area contributed by atoms with Crippen molar-refractivity contribution in [3.8, 4) is 0 Å². The number of nitrogens with zero attached hydrogens (tertiary/aromatic N) is 1. The van der Waals surface area contributed by atoms with Gasteiger partial charge in [-0.1, -0.05) is 41.5 Å². The Morgan fingerprint density at radius 1 is 1.17 bits per heavy atom. The summed E-state index contributed by atoms with van der Waals surface area (Å²) in [5.41, 5.74) is 0.527. The van der Waals surface area contributed by atoms with Gasteiger partial charge < -0.3 is 9.64 Å². The topological polar surface area (TPSA) is 29.5 Å². The van der Waals surface area contributed by atoms with Gasteiger partial charge in [0.05, 0.1) is 6.10 Å². The van der Waals surface area contributed by atoms with Gasteiger partial charge in [-0.15, -0.1) is 0 Å². The van der Waals surface area contributed by atoms with Crippen molar-refractivity contribution in [3.63, 3.8) is 0 Å². The molecule has 0 aromatic heterocycles. The average Bonchev–Trinajstić information content (AvgIpc) is 2.15. The normalized spacial score (nSPS) is 22.4. The van der Waals surface area contributed by atoms with Gasteiger partial charge in [0.1, 0.15) is 6.61 Å². The summed E-state index contributed by atoms with van der Waals surface area (Å²) < 4.78 is 5.64. The van der Waals surface area contributed by atoms with Crippen LogP contribution in [0.15, 0.2) is 0 Å². The fraction of sp³-hybridized carbons (Fsp3) is 0.933. The van der Waals surface area contributed by atoms with Crippen LogP contribution in [0.5, 0.6) is 0 Å². The highest BCUT2D eigenvalue weighted by Gasteiger charge is 2.29. The second kappa shape index (κ2) is 5.60. The Labute approximate surface area is 112 Å². The summed E-state index contributed by atoms with van der Waals surface area (Å²) in [7, 11) is 0. The van der Waals surface area contributed by atoms with Crippen molar-refractivity contribution in [1.82, 2.24) is 4.90 Å². The molecule has 106 valence electrons. The van der Waals surface area contributed by atoms with E-state index in [1.165, 1.54) is 0 Å². The number of ether oxygens (including phenoxy) is 1. The van der Waals surface area contributed by atoms with Crippen molar-refractivity contribution >= 4 is 5.91 Å². The van der Waals surface area contributed by atoms with E-state index in [0.717, 1.165) is 25.9 Å². The SMILES string of the molecule is CC(C)(C)CCN1CC(CC(C)(C)C)OCC1=O. The quantitative estimate of drug-likeness (QED) is 0.775. The highest BCUT2D eigenvalue weighted by molar-refractivity contribution is 5.78. The Balaban J connectivity index is 2.49. The molecule has 1 unspecified atom stereocenters. The monoisotopic (exact) mass is 255 g/mol. The van der Waals surface area contributed by atoms with E-state index >= 15 is 0 Å². The first kappa shape index (κ1) is 15.5. The molecule has 0 bridgehead atoms. The predicted octanol–water partition coefficient (Wildman–Crippen LogP) is 3.09. The van der Waals surface area contributed by atoms with Gasteiger partial charge in [-0.25, -0.2) is 0 Å². The molecule has 3 nitrogen and oxygen atoms in total. The first-order valence-corrected chi connectivity index (χ1v) is 6.96. The molecule has 1 aliphatic rings. The summed E-state index contributed by atoms with van der Waals surface area (Å²) in [5, 5.41) is 0. The van der Waals surface area contributed by atoms with Gasteiger partial charge in [0.25, 0.3) is 0 Å². The summed E-state index contributed by atoms with van der Waals surface area (Å²) in [6.45, 7) is 15.1. The maximum atomic E-state index is 11.8. The molecule has 0 radical (unpaired) electrons. The maximum absolute atomic E-state index is 11.8. The third-order valence-corrected chi connectivity index (χ3v) is 3.19. The van der Waals surface area contributed by atoms with Crippen molar-refractivity contribution in [2.75, 3.05) is 19.7 Å². The van der Waals surface area contributed by atoms with E-state index in [9.17, 15) is 4.79 Å². The van der Waals surface area contributed by atoms with Crippen LogP contribution in [0.4, 0.5) is 0 Å². The molecule has 0 aromatic carbocycles. The van der Waals surface area contributed by atoms with Crippen LogP contribution in [0.1, 0.15) is 54.4 Å². The van der Waals surface area contributed by atoms with Gasteiger partial charge >= 0.3 is 0 Å². The number of carbonyl (C=O) groups is 1. The number of hydrogen-bond donors (Lipinski definition) is 0. The Hall–Kier alpha value is -0.570. The predicted molar refractivity (Wildman–Crippen MR) is 74.5 cm³/mol. The molecular weight excluding hydrogens is 226 g/mol. The molecule has 1 aliphatic heterocycles. The van der Waals surface area contributed by atoms with E-state index in [1.54, 1.807) is 0 Å². The standard InChI is InChI=1S/C15H29NO2/c1-14(2,3)7-8-16-10-12(9-15(4,5)6)18-11-13(16)17/h12H,7-11H2,1-6H3. The molecule has 1 fully saturated rings. The second-order valence-electron chi connectivity index (χ2n) is 7.85. The summed E-state index contributed by atoms with van der Waals surface area (Å²) >= 11 is 0. The van der Waals surface area contributed by atoms with Gasteiger partial charge in [0.2, 0.25) is 5.91 Å². The van der Waals surface area contributed by atoms with Crippen molar-refractivity contribution in [2.24, 2.45) is 10.8 Å². The highest BCUT2D eigenvalue weighted by atomic mass is 16.5. The minimum absolute atomic E-state index is 0.143. The lowest BCUT2D eigenvalue weighted by Gasteiger charge is -2.36. The summed E-state index contributed by atoms with van der Waals surface area (Å²) in [4.78, 5) is 13.8. The summed E-state index contributed by atoms with van der Waals surface area (Å²) in [6.07, 6.45) is 2.25. The van der Waals surface area contributed by atoms with E-state index in [-0.39, 0.29) is 29.4 Å². The minimum atomic E-state index is 0.143. The number of carbonyl (C=O) groups excluding carboxylic acids is 1. The van der Waals surface area contributed by atoms with Crippen LogP contribution < -0.4 is 0 Å². The Bertz CT molecular complexity index is 286. The first-order chi connectivity index (χ1) is 8.07. The smallest absolute Gasteiger partial charge is 0.248 e. The summed E-state index contributed by atoms with van der Waals surface area (Å²) in [6, 6.07) is 0. The Kier molecular flexibility index (Phi) is 4.82. The van der Waals surface area contributed by atoms with E-state index < -0.39 is 0 Å². The lowest BCUT2D eigenvalue weighted by molar-refractivity contribution is -0.150. The highest BCUT2D eigenvalue weighted by Crippen LogP contribution is 2.25. The fourth-order valence-electron chi connectivity index (χ4n) is 2.17. The Morgan fingerprint density at radius 2 is 1.78 bits per heavy atom. The molecule has 1 amide bonds. The van der Waals surface area contributed by atoms with Crippen LogP contribution in [-0.4, -0.2) is 36.6 Å². The minimum Gasteiger partial charge on any atom is -0.367 e. The second-order valence-corrected chi connectivity index (χ2v) is 7.85. The van der Waals surface area contributed by atoms with Gasteiger partial charge in [-0.2, -0.15) is 0 Å². The van der Waals surface area contributed by atoms with Gasteiger partial charge in [0.15, 0.2) is 0 Å². The van der Waals surface area contributed by atoms with Gasteiger partial charge in [0, 0.05) is 13.1 Å². The molecule has 3 heteroatoms. The van der Waals surface area contributed by atoms with Gasteiger partial charge in [-0.3, -0.25) is 4.79 Å². The largest absolute Gasteiger partial charge is 0.367 e. The van der Waals surface area contributed by atoms with Crippen molar-refractivity contribution in [1.29, 1.82) is 0 Å². The zero-order valence-corrected chi connectivity index (χ0v) is 12.9. The molecule has 0 spiro atoms. The zero-order valence-electron chi connectivity index (χ0n) is 12.9. The van der Waals surface area contributed by atoms with Crippen LogP contribution in [-0.2, 0) is 9.53 Å². The molecule has 1 heterocycles. The molecule has 0 N–H and O–H groups in total. The first-order valence-electron chi connectivity index (χ1n) is 6.96. The van der Waals surface area contributed by atoms with Crippen LogP contribution in [0.25, 0.3) is 0 Å². The van der Waals surface area contributed by atoms with Crippen molar-refractivity contribution in [3.05, 3.63) is 0 Å². The molecule has 18 heavy (non-hydrogen) atoms. The molecule has 1 rings (SSSR count). The molecule has 1 atom stereocenters. The Morgan fingerprint density at radius 3 is 2.28 bits per heavy atom. The maximum Gasteiger partial charge on any atom is 0.248 e. The fourth-order valence-corrected chi connectivity index (χ4v) is 2.17. The molecule has 0 saturated carbocycles. The van der Waals surface area contributed by atoms with E-state index in [2.05, 4.69) is 41.5 Å². The average molecular weight is 255 g/mol. The number of amides is 1. The van der Waals surface area contributed by atoms with Crippen LogP contribution in [0.3, 0.4) is 0 Å². The molecule has 0 aromatic rings. The van der Waals surface area contributed by atoms with E-state index in [0.29, 0.717) is 0 Å². The number of hydrogen-bond acceptors (Lipinski definition) is 2. The van der Waals surface area contributed by atoms with Crippen molar-refractivity contribution in [2.45, 2.75) is 60.5 Å². The van der Waals surface area contributed by atoms with Crippen LogP contribution in [0, 0.1) is 10.8 Å². The number of morpholine rings is 1. The van der Waals surface area contributed by atoms with Crippen molar-refractivity contribution < 1.29 is 9.53 Å². The lowest BCUT2D eigenvalue weighted by Crippen LogP contribution is -2.48. The lowest BCUT2D eigenvalue weighted by atomic mass is 9.88. The van der Waals surface area contributed by atoms with Crippen LogP contribution in [0.2, 0.25) is 0 Å². The van der Waals surface area contributed by atoms with Crippen LogP contribution >= 0.6 is 0 Å². The van der Waals surface area contributed by atoms with E-state index in [4.69, 9.17) is 4.74 Å². The molecule has 1 saturated heterocycles. The summed E-state index contributed by atoms with van der Waals surface area (Å²) in [5.74, 6) is 0.143. The third kappa shape index (κ3) is 5.85. The third-order valence-electron chi connectivity index (χ3n) is 3.19. The van der Waals surface area contributed by atoms with Gasteiger partial charge in [-0.05, 0) is 23.7 Å². The molecular formula is C15H29NO2.